The molecule has 0 unspecified atom stereocenters. The molecule has 160 valence electrons. The van der Waals surface area contributed by atoms with Crippen molar-refractivity contribution in [3.05, 3.63) is 52.6 Å². The summed E-state index contributed by atoms with van der Waals surface area (Å²) in [4.78, 5) is 26.3. The molecule has 1 aliphatic carbocycles. The Hall–Kier alpha value is -2.70. The number of amides is 2. The van der Waals surface area contributed by atoms with E-state index in [1.54, 1.807) is 12.1 Å². The molecule has 2 heterocycles. The quantitative estimate of drug-likeness (QED) is 0.820. The highest BCUT2D eigenvalue weighted by Gasteiger charge is 2.30. The van der Waals surface area contributed by atoms with Crippen LogP contribution in [-0.4, -0.2) is 33.0 Å². The van der Waals surface area contributed by atoms with Crippen LogP contribution in [0.1, 0.15) is 54.6 Å². The standard InChI is InChI=1S/C23H29FN4O2/c1-15-20-10-11-27(22(29)12-16-2-6-18(7-3-16)23(25)30)14-21(20)28(26-15)13-17-4-8-19(24)9-5-17/h4-5,8-9,16,18H,2-3,6-7,10-14H2,1H3,(H2,25,30)/t16-,18-. The van der Waals surface area contributed by atoms with Gasteiger partial charge in [-0.3, -0.25) is 14.3 Å². The zero-order valence-electron chi connectivity index (χ0n) is 17.4. The van der Waals surface area contributed by atoms with Gasteiger partial charge in [0.15, 0.2) is 0 Å². The fourth-order valence-electron chi connectivity index (χ4n) is 4.81. The predicted molar refractivity (Wildman–Crippen MR) is 111 cm³/mol. The van der Waals surface area contributed by atoms with Gasteiger partial charge in [-0.25, -0.2) is 4.39 Å². The largest absolute Gasteiger partial charge is 0.369 e. The van der Waals surface area contributed by atoms with Gasteiger partial charge in [0.2, 0.25) is 11.8 Å². The van der Waals surface area contributed by atoms with E-state index >= 15 is 0 Å². The van der Waals surface area contributed by atoms with Crippen LogP contribution >= 0.6 is 0 Å². The fraction of sp³-hybridized carbons (Fsp3) is 0.522. The second-order valence-electron chi connectivity index (χ2n) is 8.68. The third kappa shape index (κ3) is 4.40. The third-order valence-corrected chi connectivity index (χ3v) is 6.65. The number of carbonyl (C=O) groups excluding carboxylic acids is 2. The first-order valence-corrected chi connectivity index (χ1v) is 10.8. The number of rotatable bonds is 5. The molecule has 0 atom stereocenters. The van der Waals surface area contributed by atoms with E-state index in [-0.39, 0.29) is 23.5 Å². The molecule has 0 spiro atoms. The maximum Gasteiger partial charge on any atom is 0.223 e. The average Bonchev–Trinajstić information content (AvgIpc) is 3.05. The molecule has 0 saturated heterocycles. The first-order valence-electron chi connectivity index (χ1n) is 10.8. The molecule has 1 aromatic heterocycles. The van der Waals surface area contributed by atoms with Gasteiger partial charge in [-0.2, -0.15) is 5.10 Å². The van der Waals surface area contributed by atoms with Gasteiger partial charge < -0.3 is 10.6 Å². The van der Waals surface area contributed by atoms with Crippen LogP contribution in [0.15, 0.2) is 24.3 Å². The Morgan fingerprint density at radius 1 is 1.17 bits per heavy atom. The molecule has 7 heteroatoms. The molecule has 0 bridgehead atoms. The minimum Gasteiger partial charge on any atom is -0.369 e. The molecular weight excluding hydrogens is 383 g/mol. The lowest BCUT2D eigenvalue weighted by Crippen LogP contribution is -2.38. The Morgan fingerprint density at radius 2 is 1.87 bits per heavy atom. The summed E-state index contributed by atoms with van der Waals surface area (Å²) in [5, 5.41) is 4.69. The van der Waals surface area contributed by atoms with E-state index < -0.39 is 0 Å². The van der Waals surface area contributed by atoms with E-state index in [9.17, 15) is 14.0 Å². The van der Waals surface area contributed by atoms with Crippen LogP contribution < -0.4 is 5.73 Å². The summed E-state index contributed by atoms with van der Waals surface area (Å²) in [5.41, 5.74) is 9.70. The van der Waals surface area contributed by atoms with Crippen molar-refractivity contribution < 1.29 is 14.0 Å². The summed E-state index contributed by atoms with van der Waals surface area (Å²) >= 11 is 0. The van der Waals surface area contributed by atoms with Gasteiger partial charge >= 0.3 is 0 Å². The molecule has 1 aliphatic heterocycles. The smallest absolute Gasteiger partial charge is 0.223 e. The summed E-state index contributed by atoms with van der Waals surface area (Å²) in [6.07, 6.45) is 4.71. The number of benzene rings is 1. The summed E-state index contributed by atoms with van der Waals surface area (Å²) in [5.74, 6) is 0.0144. The van der Waals surface area contributed by atoms with Gasteiger partial charge in [-0.15, -0.1) is 0 Å². The van der Waals surface area contributed by atoms with Crippen LogP contribution in [0, 0.1) is 24.6 Å². The number of fused-ring (bicyclic) bond motifs is 1. The number of nitrogens with two attached hydrogens (primary N) is 1. The maximum atomic E-state index is 13.2. The lowest BCUT2D eigenvalue weighted by atomic mass is 9.80. The lowest BCUT2D eigenvalue weighted by Gasteiger charge is -2.31. The summed E-state index contributed by atoms with van der Waals surface area (Å²) in [6.45, 7) is 3.85. The molecule has 1 aromatic carbocycles. The second kappa shape index (κ2) is 8.58. The Bertz CT molecular complexity index is 929. The second-order valence-corrected chi connectivity index (χ2v) is 8.68. The molecule has 2 N–H and O–H groups in total. The lowest BCUT2D eigenvalue weighted by molar-refractivity contribution is -0.133. The minimum absolute atomic E-state index is 0.0299. The normalized spacial score (nSPS) is 21.3. The van der Waals surface area contributed by atoms with E-state index in [0.717, 1.165) is 49.1 Å². The molecule has 2 aromatic rings. The monoisotopic (exact) mass is 412 g/mol. The van der Waals surface area contributed by atoms with Gasteiger partial charge in [0, 0.05) is 18.9 Å². The van der Waals surface area contributed by atoms with Crippen LogP contribution in [0.3, 0.4) is 0 Å². The molecule has 6 nitrogen and oxygen atoms in total. The van der Waals surface area contributed by atoms with E-state index in [4.69, 9.17) is 5.73 Å². The Balaban J connectivity index is 1.41. The molecule has 1 fully saturated rings. The van der Waals surface area contributed by atoms with Crippen molar-refractivity contribution in [2.75, 3.05) is 6.54 Å². The van der Waals surface area contributed by atoms with E-state index in [0.29, 0.717) is 32.0 Å². The van der Waals surface area contributed by atoms with E-state index in [1.165, 1.54) is 17.7 Å². The van der Waals surface area contributed by atoms with Crippen molar-refractivity contribution in [2.24, 2.45) is 17.6 Å². The van der Waals surface area contributed by atoms with Gasteiger partial charge in [-0.1, -0.05) is 12.1 Å². The molecular formula is C23H29FN4O2. The summed E-state index contributed by atoms with van der Waals surface area (Å²) in [6, 6.07) is 6.46. The number of carbonyl (C=O) groups is 2. The van der Waals surface area contributed by atoms with Crippen LogP contribution in [-0.2, 0) is 29.1 Å². The highest BCUT2D eigenvalue weighted by Crippen LogP contribution is 2.32. The van der Waals surface area contributed by atoms with Crippen LogP contribution in [0.5, 0.6) is 0 Å². The van der Waals surface area contributed by atoms with Gasteiger partial charge in [0.25, 0.3) is 0 Å². The SMILES string of the molecule is Cc1nn(Cc2ccc(F)cc2)c2c1CCN(C(=O)C[C@H]1CC[C@H](C(N)=O)CC1)C2. The number of aryl methyl sites for hydroxylation is 1. The van der Waals surface area contributed by atoms with Crippen molar-refractivity contribution in [3.63, 3.8) is 0 Å². The highest BCUT2D eigenvalue weighted by atomic mass is 19.1. The Labute approximate surface area is 176 Å². The van der Waals surface area contributed by atoms with Gasteiger partial charge in [0.05, 0.1) is 24.5 Å². The maximum absolute atomic E-state index is 13.2. The van der Waals surface area contributed by atoms with Crippen LogP contribution in [0.4, 0.5) is 4.39 Å². The van der Waals surface area contributed by atoms with Gasteiger partial charge in [0.1, 0.15) is 5.82 Å². The van der Waals surface area contributed by atoms with Crippen molar-refractivity contribution in [2.45, 2.75) is 58.5 Å². The van der Waals surface area contributed by atoms with Crippen molar-refractivity contribution in [1.82, 2.24) is 14.7 Å². The first kappa shape index (κ1) is 20.6. The Kier molecular flexibility index (Phi) is 5.88. The topological polar surface area (TPSA) is 81.2 Å². The molecule has 2 amide bonds. The zero-order valence-corrected chi connectivity index (χ0v) is 17.4. The number of halogens is 1. The van der Waals surface area contributed by atoms with E-state index in [2.05, 4.69) is 5.10 Å². The molecule has 2 aliphatic rings. The first-order chi connectivity index (χ1) is 14.4. The van der Waals surface area contributed by atoms with Gasteiger partial charge in [-0.05, 0) is 68.2 Å². The number of nitrogens with zero attached hydrogens (tertiary/aromatic N) is 3. The van der Waals surface area contributed by atoms with Crippen molar-refractivity contribution >= 4 is 11.8 Å². The predicted octanol–water partition coefficient (Wildman–Crippen LogP) is 2.95. The van der Waals surface area contributed by atoms with Crippen molar-refractivity contribution in [3.8, 4) is 0 Å². The average molecular weight is 413 g/mol. The summed E-state index contributed by atoms with van der Waals surface area (Å²) < 4.78 is 15.2. The molecule has 1 saturated carbocycles. The molecule has 0 radical (unpaired) electrons. The number of aromatic nitrogens is 2. The number of hydrogen-bond acceptors (Lipinski definition) is 3. The van der Waals surface area contributed by atoms with E-state index in [1.807, 2.05) is 16.5 Å². The van der Waals surface area contributed by atoms with Crippen molar-refractivity contribution in [1.29, 1.82) is 0 Å². The Morgan fingerprint density at radius 3 is 2.53 bits per heavy atom. The third-order valence-electron chi connectivity index (χ3n) is 6.65. The minimum atomic E-state index is -0.251. The molecule has 30 heavy (non-hydrogen) atoms. The highest BCUT2D eigenvalue weighted by molar-refractivity contribution is 5.77. The fourth-order valence-corrected chi connectivity index (χ4v) is 4.81. The number of primary amides is 1. The zero-order chi connectivity index (χ0) is 21.3. The summed E-state index contributed by atoms with van der Waals surface area (Å²) in [7, 11) is 0. The number of hydrogen-bond donors (Lipinski definition) is 1. The van der Waals surface area contributed by atoms with Crippen LogP contribution in [0.2, 0.25) is 0 Å². The van der Waals surface area contributed by atoms with Crippen LogP contribution in [0.25, 0.3) is 0 Å². The molecule has 4 rings (SSSR count).